The van der Waals surface area contributed by atoms with Gasteiger partial charge >= 0.3 is 18.0 Å². The molecule has 0 aliphatic carbocycles. The zero-order valence-corrected chi connectivity index (χ0v) is 49.1. The lowest BCUT2D eigenvalue weighted by atomic mass is 9.74. The maximum atomic E-state index is 15.8. The van der Waals surface area contributed by atoms with Gasteiger partial charge in [-0.1, -0.05) is 84.0 Å². The number of aliphatic hydroxyl groups excluding tert-OH is 3. The van der Waals surface area contributed by atoms with Gasteiger partial charge < -0.3 is 82.7 Å². The van der Waals surface area contributed by atoms with Crippen LogP contribution in [0.3, 0.4) is 0 Å². The maximum Gasteiger partial charge on any atom is 0.408 e. The molecule has 1 amide bonds. The van der Waals surface area contributed by atoms with Crippen LogP contribution < -0.4 is 5.32 Å². The lowest BCUT2D eigenvalue weighted by Crippen LogP contribution is -2.59. The first-order chi connectivity index (χ1) is 37.1. The van der Waals surface area contributed by atoms with E-state index in [-0.39, 0.29) is 50.5 Å². The minimum atomic E-state index is -2.01. The van der Waals surface area contributed by atoms with E-state index in [0.29, 0.717) is 0 Å². The van der Waals surface area contributed by atoms with Crippen molar-refractivity contribution in [3.05, 3.63) is 35.9 Å². The molecule has 1 aromatic rings. The van der Waals surface area contributed by atoms with Crippen LogP contribution in [-0.4, -0.2) is 181 Å². The molecule has 0 bridgehead atoms. The topological polar surface area (TPSA) is 284 Å². The number of esters is 2. The fourth-order valence-electron chi connectivity index (χ4n) is 11.7. The summed E-state index contributed by atoms with van der Waals surface area (Å²) in [5.41, 5.74) is -2.70. The van der Waals surface area contributed by atoms with Gasteiger partial charge in [0.2, 0.25) is 0 Å². The van der Waals surface area contributed by atoms with E-state index in [9.17, 15) is 30.0 Å². The molecule has 22 heteroatoms. The number of ether oxygens (including phenoxy) is 11. The normalized spacial score (nSPS) is 40.9. The predicted molar refractivity (Wildman–Crippen MR) is 285 cm³/mol. The van der Waals surface area contributed by atoms with Crippen LogP contribution in [0.25, 0.3) is 0 Å². The number of ketones is 1. The Bertz CT molecular complexity index is 2150. The highest BCUT2D eigenvalue weighted by molar-refractivity contribution is 5.91. The van der Waals surface area contributed by atoms with Crippen LogP contribution in [0.1, 0.15) is 121 Å². The molecule has 22 nitrogen and oxygen atoms in total. The van der Waals surface area contributed by atoms with E-state index in [1.165, 1.54) is 35.2 Å². The average Bonchev–Trinajstić information content (AvgIpc) is 3.42. The van der Waals surface area contributed by atoms with Crippen LogP contribution >= 0.6 is 0 Å². The van der Waals surface area contributed by atoms with E-state index in [2.05, 4.69) is 10.5 Å². The number of nitrogens with one attached hydrogen (secondary N) is 1. The molecule has 0 aromatic heterocycles. The van der Waals surface area contributed by atoms with Gasteiger partial charge in [0, 0.05) is 57.8 Å². The number of rotatable bonds is 17. The Morgan fingerprint density at radius 2 is 1.44 bits per heavy atom. The smallest absolute Gasteiger partial charge is 0.408 e. The summed E-state index contributed by atoms with van der Waals surface area (Å²) in [5, 5.41) is 51.9. The van der Waals surface area contributed by atoms with Crippen molar-refractivity contribution in [1.82, 2.24) is 5.32 Å². The van der Waals surface area contributed by atoms with E-state index in [1.54, 1.807) is 62.3 Å². The van der Waals surface area contributed by atoms with Crippen molar-refractivity contribution in [1.29, 1.82) is 0 Å². The molecular formula is C57H92N2O20. The van der Waals surface area contributed by atoms with Crippen molar-refractivity contribution in [2.45, 2.75) is 226 Å². The third-order valence-corrected chi connectivity index (χ3v) is 16.0. The molecule has 5 rings (SSSR count). The number of amides is 1. The molecule has 5 N–H and O–H groups in total. The number of cyclic esters (lactones) is 1. The lowest BCUT2D eigenvalue weighted by Gasteiger charge is -2.46. The fraction of sp³-hybridized carbons (Fsp3) is 0.807. The highest BCUT2D eigenvalue weighted by Gasteiger charge is 2.53. The SMILES string of the molecule is CON=C1C[C@@H](C)O[C@@H](O[C@@H]2[C@@H](C)[C@H](O[C@H]3C[C@@](C)(O)[C@@H](O)[C@H](C)O3)[C@@H](C)C(=O)O[C@H]([C@@H](C)CO[C@@H]3O[C@H](C)[C@@H](O)[C@@H](OC)[C@H]3OC)[C@H](C)[C@@H](OC(=O)CC(C)C)[C@@H](C)C(=O)[C@@](C)(OC(=O)NCc3ccccc3)C[C@@H]2C)[C@@H]1O. The summed E-state index contributed by atoms with van der Waals surface area (Å²) in [6, 6.07) is 9.12. The van der Waals surface area contributed by atoms with Gasteiger partial charge in [-0.3, -0.25) is 14.4 Å². The zero-order valence-electron chi connectivity index (χ0n) is 49.1. The van der Waals surface area contributed by atoms with Gasteiger partial charge in [-0.05, 0) is 65.4 Å². The predicted octanol–water partition coefficient (Wildman–Crippen LogP) is 5.00. The van der Waals surface area contributed by atoms with Gasteiger partial charge in [0.1, 0.15) is 49.8 Å². The van der Waals surface area contributed by atoms with Crippen molar-refractivity contribution < 1.29 is 96.5 Å². The van der Waals surface area contributed by atoms with Crippen LogP contribution in [-0.2, 0) is 77.9 Å². The molecule has 4 aliphatic heterocycles. The zero-order chi connectivity index (χ0) is 58.8. The lowest BCUT2D eigenvalue weighted by molar-refractivity contribution is -0.305. The Hall–Kier alpha value is -3.91. The molecule has 0 unspecified atom stereocenters. The molecule has 4 aliphatic rings. The summed E-state index contributed by atoms with van der Waals surface area (Å²) in [4.78, 5) is 64.3. The van der Waals surface area contributed by atoms with Gasteiger partial charge in [-0.2, -0.15) is 0 Å². The second kappa shape index (κ2) is 28.9. The Morgan fingerprint density at radius 3 is 2.05 bits per heavy atom. The standard InChI is InChI=1S/C57H92N2O20/c1-28(2)22-40(60)75-46-33(7)45(30(4)27-71-54-49(69-15)48(68-14)42(61)36(10)74-54)77-52(65)35(9)47(76-41-25-56(12,67)51(64)37(11)73-41)32(6)44(78-53-43(62)39(59-70-16)23-31(5)72-53)29(3)24-57(13,50(63)34(46)8)79-55(66)58-26-38-20-18-17-19-21-38/h17-21,28-37,41-49,51,53-54,61-62,64,67H,22-27H2,1-16H3,(H,58,66)/t29-,30-,31+,32+,33-,34+,35+,36+,37-,41-,42+,43+,44-,45+,46+,47-,48+,49+,51-,53-,54+,56+,57-/m0/s1. The molecule has 1 aromatic carbocycles. The quantitative estimate of drug-likeness (QED) is 0.0779. The van der Waals surface area contributed by atoms with Gasteiger partial charge in [-0.25, -0.2) is 4.79 Å². The Morgan fingerprint density at radius 1 is 0.785 bits per heavy atom. The number of carbonyl (C=O) groups is 4. The first-order valence-corrected chi connectivity index (χ1v) is 27.8. The van der Waals surface area contributed by atoms with E-state index in [4.69, 9.17) is 56.9 Å². The number of methoxy groups -OCH3 is 2. The number of carbonyl (C=O) groups excluding carboxylic acids is 4. The number of oxime groups is 1. The number of alkyl carbamates (subject to hydrolysis) is 1. The monoisotopic (exact) mass is 1120 g/mol. The third kappa shape index (κ3) is 16.6. The summed E-state index contributed by atoms with van der Waals surface area (Å²) in [6.07, 6.45) is -17.4. The van der Waals surface area contributed by atoms with Crippen LogP contribution in [0, 0.1) is 41.4 Å². The molecule has 79 heavy (non-hydrogen) atoms. The minimum absolute atomic E-state index is 0.0225. The number of hydrogen-bond donors (Lipinski definition) is 5. The van der Waals surface area contributed by atoms with Crippen molar-refractivity contribution in [3.63, 3.8) is 0 Å². The largest absolute Gasteiger partial charge is 0.461 e. The number of benzene rings is 1. The van der Waals surface area contributed by atoms with Crippen LogP contribution in [0.2, 0.25) is 0 Å². The maximum absolute atomic E-state index is 15.8. The summed E-state index contributed by atoms with van der Waals surface area (Å²) < 4.78 is 69.3. The Labute approximate surface area is 466 Å². The highest BCUT2D eigenvalue weighted by atomic mass is 16.7. The molecule has 450 valence electrons. The summed E-state index contributed by atoms with van der Waals surface area (Å²) in [6.45, 7) is 21.7. The second-order valence-corrected chi connectivity index (χ2v) is 23.4. The van der Waals surface area contributed by atoms with Gasteiger partial charge in [0.15, 0.2) is 30.3 Å². The number of aliphatic hydroxyl groups is 4. The van der Waals surface area contributed by atoms with Gasteiger partial charge in [0.05, 0.1) is 60.3 Å². The van der Waals surface area contributed by atoms with Crippen LogP contribution in [0.15, 0.2) is 35.5 Å². The first kappa shape index (κ1) is 65.9. The van der Waals surface area contributed by atoms with E-state index >= 15 is 9.59 Å². The molecule has 0 spiro atoms. The Kier molecular flexibility index (Phi) is 24.1. The van der Waals surface area contributed by atoms with E-state index < -0.39 is 163 Å². The number of nitrogens with zero attached hydrogens (tertiary/aromatic N) is 1. The van der Waals surface area contributed by atoms with Crippen molar-refractivity contribution in [2.75, 3.05) is 27.9 Å². The van der Waals surface area contributed by atoms with Gasteiger partial charge in [-0.15, -0.1) is 0 Å². The van der Waals surface area contributed by atoms with Crippen molar-refractivity contribution >= 4 is 29.5 Å². The van der Waals surface area contributed by atoms with Crippen molar-refractivity contribution in [3.8, 4) is 0 Å². The molecule has 4 saturated heterocycles. The summed E-state index contributed by atoms with van der Waals surface area (Å²) in [7, 11) is 4.21. The fourth-order valence-corrected chi connectivity index (χ4v) is 11.7. The van der Waals surface area contributed by atoms with Crippen LogP contribution in [0.4, 0.5) is 4.79 Å². The van der Waals surface area contributed by atoms with Crippen LogP contribution in [0.5, 0.6) is 0 Å². The Balaban J connectivity index is 1.70. The number of hydrogen-bond acceptors (Lipinski definition) is 21. The molecule has 0 saturated carbocycles. The third-order valence-electron chi connectivity index (χ3n) is 16.0. The first-order valence-electron chi connectivity index (χ1n) is 27.8. The van der Waals surface area contributed by atoms with Gasteiger partial charge in [0.25, 0.3) is 0 Å². The van der Waals surface area contributed by atoms with E-state index in [0.717, 1.165) is 5.56 Å². The second-order valence-electron chi connectivity index (χ2n) is 23.4. The molecular weight excluding hydrogens is 1030 g/mol. The highest BCUT2D eigenvalue weighted by Crippen LogP contribution is 2.41. The average molecular weight is 1130 g/mol. The molecule has 4 fully saturated rings. The number of Topliss-reactive ketones (excluding diaryl/α,β-unsaturated/α-hetero) is 1. The van der Waals surface area contributed by atoms with Crippen molar-refractivity contribution in [2.24, 2.45) is 46.6 Å². The summed E-state index contributed by atoms with van der Waals surface area (Å²) >= 11 is 0. The summed E-state index contributed by atoms with van der Waals surface area (Å²) in [5.74, 6) is -8.11. The molecule has 0 radical (unpaired) electrons. The minimum Gasteiger partial charge on any atom is -0.461 e. The molecule has 23 atom stereocenters. The molecule has 4 heterocycles. The van der Waals surface area contributed by atoms with E-state index in [1.807, 2.05) is 44.2 Å².